The first-order valence-corrected chi connectivity index (χ1v) is 11.4. The zero-order valence-electron chi connectivity index (χ0n) is 17.7. The van der Waals surface area contributed by atoms with Gasteiger partial charge in [-0.25, -0.2) is 5.01 Å². The zero-order valence-corrected chi connectivity index (χ0v) is 20.7. The van der Waals surface area contributed by atoms with Crippen LogP contribution in [0.15, 0.2) is 54.6 Å². The van der Waals surface area contributed by atoms with Crippen LogP contribution in [-0.4, -0.2) is 45.0 Å². The van der Waals surface area contributed by atoms with Crippen molar-refractivity contribution in [3.63, 3.8) is 0 Å². The monoisotopic (exact) mass is 565 g/mol. The molecule has 0 aliphatic carbocycles. The predicted octanol–water partition coefficient (Wildman–Crippen LogP) is 5.74. The number of carbonyl (C=O) groups excluding carboxylic acids is 4. The van der Waals surface area contributed by atoms with Gasteiger partial charge in [-0.05, 0) is 42.5 Å². The second-order valence-corrected chi connectivity index (χ2v) is 9.10. The average Bonchev–Trinajstić information content (AvgIpc) is 3.07. The Labute approximate surface area is 222 Å². The van der Waals surface area contributed by atoms with E-state index in [4.69, 9.17) is 46.4 Å². The molecule has 0 unspecified atom stereocenters. The van der Waals surface area contributed by atoms with Crippen LogP contribution in [0.3, 0.4) is 0 Å². The largest absolute Gasteiger partial charge is 0.292 e. The van der Waals surface area contributed by atoms with Gasteiger partial charge in [0.25, 0.3) is 23.4 Å². The number of halogens is 4. The number of Topliss-reactive ketones (excluding diaryl/α,β-unsaturated/α-hetero) is 1. The molecule has 0 radical (unpaired) electrons. The SMILES string of the molecule is O=C(CN(C(=O)c1ccc(Cl)cc1Cl)N1C(=O)c2cccc([N+](=O)[O-])c2C1=O)c1ccc(Cl)cc1Cl. The Morgan fingerprint density at radius 2 is 1.44 bits per heavy atom. The summed E-state index contributed by atoms with van der Waals surface area (Å²) in [7, 11) is 0. The van der Waals surface area contributed by atoms with Crippen molar-refractivity contribution >= 4 is 75.6 Å². The molecular weight excluding hydrogens is 556 g/mol. The molecule has 1 aliphatic heterocycles. The van der Waals surface area contributed by atoms with E-state index >= 15 is 0 Å². The highest BCUT2D eigenvalue weighted by Crippen LogP contribution is 2.33. The number of carbonyl (C=O) groups is 4. The van der Waals surface area contributed by atoms with Gasteiger partial charge in [-0.1, -0.05) is 52.5 Å². The highest BCUT2D eigenvalue weighted by atomic mass is 35.5. The van der Waals surface area contributed by atoms with Crippen LogP contribution in [0.4, 0.5) is 5.69 Å². The predicted molar refractivity (Wildman–Crippen MR) is 132 cm³/mol. The number of amides is 3. The fraction of sp³-hybridized carbons (Fsp3) is 0.0435. The van der Waals surface area contributed by atoms with Gasteiger partial charge in [-0.3, -0.25) is 29.3 Å². The summed E-state index contributed by atoms with van der Waals surface area (Å²) in [6, 6.07) is 11.4. The van der Waals surface area contributed by atoms with Crippen molar-refractivity contribution in [2.75, 3.05) is 6.54 Å². The van der Waals surface area contributed by atoms with E-state index < -0.39 is 46.2 Å². The van der Waals surface area contributed by atoms with Gasteiger partial charge in [0.1, 0.15) is 12.1 Å². The summed E-state index contributed by atoms with van der Waals surface area (Å²) in [6.07, 6.45) is 0. The molecule has 3 aromatic rings. The molecule has 0 fully saturated rings. The van der Waals surface area contributed by atoms with E-state index in [2.05, 4.69) is 0 Å². The number of nitrogens with zero attached hydrogens (tertiary/aromatic N) is 3. The molecule has 0 spiro atoms. The maximum absolute atomic E-state index is 13.5. The number of imide groups is 1. The van der Waals surface area contributed by atoms with Gasteiger partial charge in [0.15, 0.2) is 5.78 Å². The van der Waals surface area contributed by atoms with E-state index in [1.807, 2.05) is 0 Å². The molecule has 3 amide bonds. The molecule has 182 valence electrons. The molecule has 1 heterocycles. The third-order valence-electron chi connectivity index (χ3n) is 5.23. The summed E-state index contributed by atoms with van der Waals surface area (Å²) in [6.45, 7) is -0.835. The number of hydrazine groups is 1. The third kappa shape index (κ3) is 4.54. The minimum Gasteiger partial charge on any atom is -0.292 e. The standard InChI is InChI=1S/C23H11Cl4N3O6/c24-11-4-6-13(16(26)8-11)19(31)10-28(21(32)14-7-5-12(25)9-17(14)27)29-22(33)15-2-1-3-18(30(35)36)20(15)23(29)34/h1-9H,10H2. The number of hydrogen-bond donors (Lipinski definition) is 0. The molecular formula is C23H11Cl4N3O6. The van der Waals surface area contributed by atoms with Crippen LogP contribution in [-0.2, 0) is 0 Å². The maximum Gasteiger partial charge on any atom is 0.287 e. The summed E-state index contributed by atoms with van der Waals surface area (Å²) in [5, 5.41) is 12.8. The summed E-state index contributed by atoms with van der Waals surface area (Å²) < 4.78 is 0. The first kappa shape index (κ1) is 25.6. The quantitative estimate of drug-likeness (QED) is 0.162. The minimum atomic E-state index is -1.16. The number of hydrogen-bond acceptors (Lipinski definition) is 6. The second kappa shape index (κ2) is 9.87. The number of nitro groups is 1. The average molecular weight is 567 g/mol. The number of benzene rings is 3. The lowest BCUT2D eigenvalue weighted by Crippen LogP contribution is -2.51. The van der Waals surface area contributed by atoms with Gasteiger partial charge in [0.05, 0.1) is 26.1 Å². The zero-order chi connectivity index (χ0) is 26.3. The highest BCUT2D eigenvalue weighted by molar-refractivity contribution is 6.38. The number of fused-ring (bicyclic) bond motifs is 1. The van der Waals surface area contributed by atoms with Crippen molar-refractivity contribution in [1.82, 2.24) is 10.0 Å². The van der Waals surface area contributed by atoms with Gasteiger partial charge in [-0.15, -0.1) is 0 Å². The Morgan fingerprint density at radius 1 is 0.861 bits per heavy atom. The molecule has 0 bridgehead atoms. The van der Waals surface area contributed by atoms with Crippen LogP contribution in [0, 0.1) is 10.1 Å². The van der Waals surface area contributed by atoms with Gasteiger partial charge >= 0.3 is 0 Å². The van der Waals surface area contributed by atoms with Crippen LogP contribution >= 0.6 is 46.4 Å². The van der Waals surface area contributed by atoms with Gasteiger partial charge in [0.2, 0.25) is 0 Å². The van der Waals surface area contributed by atoms with Crippen LogP contribution in [0.2, 0.25) is 20.1 Å². The first-order chi connectivity index (χ1) is 17.0. The van der Waals surface area contributed by atoms with Crippen molar-refractivity contribution in [2.24, 2.45) is 0 Å². The lowest BCUT2D eigenvalue weighted by molar-refractivity contribution is -0.385. The minimum absolute atomic E-state index is 0.0255. The Kier molecular flexibility index (Phi) is 7.01. The van der Waals surface area contributed by atoms with Crippen molar-refractivity contribution in [3.8, 4) is 0 Å². The summed E-state index contributed by atoms with van der Waals surface area (Å²) in [5.41, 5.74) is -1.65. The number of rotatable bonds is 6. The fourth-order valence-electron chi connectivity index (χ4n) is 3.60. The second-order valence-electron chi connectivity index (χ2n) is 7.41. The lowest BCUT2D eigenvalue weighted by Gasteiger charge is -2.29. The van der Waals surface area contributed by atoms with E-state index in [-0.39, 0.29) is 36.8 Å². The van der Waals surface area contributed by atoms with Crippen LogP contribution < -0.4 is 0 Å². The number of ketones is 1. The van der Waals surface area contributed by atoms with Crippen molar-refractivity contribution in [2.45, 2.75) is 0 Å². The molecule has 0 N–H and O–H groups in total. The van der Waals surface area contributed by atoms with E-state index in [9.17, 15) is 29.3 Å². The summed E-state index contributed by atoms with van der Waals surface area (Å²) in [5.74, 6) is -3.95. The Morgan fingerprint density at radius 3 is 2.00 bits per heavy atom. The van der Waals surface area contributed by atoms with Gasteiger partial charge < -0.3 is 0 Å². The third-order valence-corrected chi connectivity index (χ3v) is 6.33. The molecule has 13 heteroatoms. The Hall–Kier alpha value is -3.50. The smallest absolute Gasteiger partial charge is 0.287 e. The molecule has 0 atom stereocenters. The van der Waals surface area contributed by atoms with Crippen molar-refractivity contribution in [3.05, 3.63) is 107 Å². The molecule has 1 aliphatic rings. The van der Waals surface area contributed by atoms with Crippen LogP contribution in [0.5, 0.6) is 0 Å². The summed E-state index contributed by atoms with van der Waals surface area (Å²) in [4.78, 5) is 63.8. The first-order valence-electron chi connectivity index (χ1n) is 9.92. The van der Waals surface area contributed by atoms with E-state index in [1.54, 1.807) is 0 Å². The molecule has 36 heavy (non-hydrogen) atoms. The molecule has 0 saturated carbocycles. The van der Waals surface area contributed by atoms with E-state index in [1.165, 1.54) is 48.5 Å². The summed E-state index contributed by atoms with van der Waals surface area (Å²) >= 11 is 24.1. The Bertz CT molecular complexity index is 1490. The van der Waals surface area contributed by atoms with Crippen LogP contribution in [0.1, 0.15) is 41.4 Å². The normalized spacial score (nSPS) is 12.5. The topological polar surface area (TPSA) is 118 Å². The molecule has 9 nitrogen and oxygen atoms in total. The molecule has 0 aromatic heterocycles. The van der Waals surface area contributed by atoms with E-state index in [0.29, 0.717) is 10.0 Å². The van der Waals surface area contributed by atoms with Crippen LogP contribution in [0.25, 0.3) is 0 Å². The molecule has 4 rings (SSSR count). The number of nitro benzene ring substituents is 1. The highest BCUT2D eigenvalue weighted by Gasteiger charge is 2.46. The molecule has 0 saturated heterocycles. The Balaban J connectivity index is 1.82. The van der Waals surface area contributed by atoms with E-state index in [0.717, 1.165) is 6.07 Å². The van der Waals surface area contributed by atoms with Gasteiger partial charge in [0, 0.05) is 21.7 Å². The lowest BCUT2D eigenvalue weighted by atomic mass is 10.1. The van der Waals surface area contributed by atoms with Crippen molar-refractivity contribution < 1.29 is 24.1 Å². The van der Waals surface area contributed by atoms with Gasteiger partial charge in [-0.2, -0.15) is 5.01 Å². The fourth-order valence-corrected chi connectivity index (χ4v) is 4.60. The maximum atomic E-state index is 13.5. The molecule has 3 aromatic carbocycles. The van der Waals surface area contributed by atoms with Crippen molar-refractivity contribution in [1.29, 1.82) is 0 Å².